The van der Waals surface area contributed by atoms with Gasteiger partial charge in [0.2, 0.25) is 5.82 Å². The molecular formula is C23H29N5O2. The molecule has 30 heavy (non-hydrogen) atoms. The third-order valence-electron chi connectivity index (χ3n) is 4.93. The van der Waals surface area contributed by atoms with Crippen molar-refractivity contribution >= 4 is 5.97 Å². The molecule has 1 aromatic heterocycles. The molecule has 0 N–H and O–H groups in total. The highest BCUT2D eigenvalue weighted by molar-refractivity contribution is 5.69. The van der Waals surface area contributed by atoms with Crippen molar-refractivity contribution in [3.05, 3.63) is 66.2 Å². The van der Waals surface area contributed by atoms with E-state index >= 15 is 0 Å². The fourth-order valence-corrected chi connectivity index (χ4v) is 3.27. The van der Waals surface area contributed by atoms with Crippen molar-refractivity contribution in [2.45, 2.75) is 38.8 Å². The maximum atomic E-state index is 11.5. The van der Waals surface area contributed by atoms with Crippen LogP contribution in [-0.4, -0.2) is 51.3 Å². The predicted molar refractivity (Wildman–Crippen MR) is 115 cm³/mol. The number of hydrogen-bond acceptors (Lipinski definition) is 6. The van der Waals surface area contributed by atoms with Crippen LogP contribution in [0.25, 0.3) is 11.4 Å². The van der Waals surface area contributed by atoms with Crippen LogP contribution in [0.4, 0.5) is 0 Å². The first kappa shape index (κ1) is 21.6. The van der Waals surface area contributed by atoms with Gasteiger partial charge >= 0.3 is 5.97 Å². The minimum Gasteiger partial charge on any atom is -0.469 e. The van der Waals surface area contributed by atoms with E-state index in [1.807, 2.05) is 48.5 Å². The van der Waals surface area contributed by atoms with E-state index in [1.165, 1.54) is 12.7 Å². The van der Waals surface area contributed by atoms with Crippen molar-refractivity contribution in [2.24, 2.45) is 0 Å². The van der Waals surface area contributed by atoms with E-state index in [4.69, 9.17) is 4.74 Å². The van der Waals surface area contributed by atoms with Crippen LogP contribution >= 0.6 is 0 Å². The number of nitrogens with zero attached hydrogens (tertiary/aromatic N) is 5. The molecule has 7 nitrogen and oxygen atoms in total. The van der Waals surface area contributed by atoms with Crippen molar-refractivity contribution in [1.29, 1.82) is 0 Å². The summed E-state index contributed by atoms with van der Waals surface area (Å²) in [5, 5.41) is 12.8. The SMILES string of the molecule is COC(=O)CCN(CCCCCn1nnc(-c2ccccc2)n1)Cc1ccccc1. The molecule has 0 bridgehead atoms. The van der Waals surface area contributed by atoms with E-state index in [0.717, 1.165) is 44.5 Å². The Morgan fingerprint density at radius 1 is 0.967 bits per heavy atom. The summed E-state index contributed by atoms with van der Waals surface area (Å²) in [7, 11) is 1.44. The lowest BCUT2D eigenvalue weighted by molar-refractivity contribution is -0.141. The second-order valence-electron chi connectivity index (χ2n) is 7.22. The summed E-state index contributed by atoms with van der Waals surface area (Å²) >= 11 is 0. The number of tetrazole rings is 1. The standard InChI is InChI=1S/C23H29N5O2/c1-30-22(29)15-18-27(19-20-11-5-2-6-12-20)16-9-4-10-17-28-25-23(24-26-28)21-13-7-3-8-14-21/h2-3,5-8,11-14H,4,9-10,15-19H2,1H3. The molecule has 3 aromatic rings. The molecule has 0 aliphatic carbocycles. The molecular weight excluding hydrogens is 378 g/mol. The number of carbonyl (C=O) groups excluding carboxylic acids is 1. The summed E-state index contributed by atoms with van der Waals surface area (Å²) in [6, 6.07) is 20.2. The summed E-state index contributed by atoms with van der Waals surface area (Å²) in [6.45, 7) is 3.22. The van der Waals surface area contributed by atoms with E-state index < -0.39 is 0 Å². The topological polar surface area (TPSA) is 73.1 Å². The average Bonchev–Trinajstić information content (AvgIpc) is 3.27. The number of unbranched alkanes of at least 4 members (excludes halogenated alkanes) is 2. The van der Waals surface area contributed by atoms with Crippen molar-refractivity contribution in [1.82, 2.24) is 25.1 Å². The number of hydrogen-bond donors (Lipinski definition) is 0. The maximum Gasteiger partial charge on any atom is 0.306 e. The van der Waals surface area contributed by atoms with Gasteiger partial charge in [-0.2, -0.15) is 4.80 Å². The molecule has 0 radical (unpaired) electrons. The number of rotatable bonds is 12. The molecule has 0 spiro atoms. The highest BCUT2D eigenvalue weighted by Gasteiger charge is 2.10. The first-order chi connectivity index (χ1) is 14.7. The normalized spacial score (nSPS) is 11.0. The molecule has 7 heteroatoms. The van der Waals surface area contributed by atoms with Gasteiger partial charge in [0.15, 0.2) is 0 Å². The van der Waals surface area contributed by atoms with Crippen LogP contribution in [0.3, 0.4) is 0 Å². The number of ether oxygens (including phenoxy) is 1. The Morgan fingerprint density at radius 2 is 1.70 bits per heavy atom. The van der Waals surface area contributed by atoms with E-state index in [2.05, 4.69) is 32.4 Å². The number of methoxy groups -OCH3 is 1. The molecule has 0 unspecified atom stereocenters. The second-order valence-corrected chi connectivity index (χ2v) is 7.22. The molecule has 0 fully saturated rings. The number of carbonyl (C=O) groups is 1. The summed E-state index contributed by atoms with van der Waals surface area (Å²) in [6.07, 6.45) is 3.51. The predicted octanol–water partition coefficient (Wildman–Crippen LogP) is 3.58. The third kappa shape index (κ3) is 7.08. The Balaban J connectivity index is 1.42. The zero-order valence-electron chi connectivity index (χ0n) is 17.5. The molecule has 0 aliphatic rings. The molecule has 0 saturated carbocycles. The van der Waals surface area contributed by atoms with Crippen LogP contribution in [0.15, 0.2) is 60.7 Å². The quantitative estimate of drug-likeness (QED) is 0.338. The first-order valence-electron chi connectivity index (χ1n) is 10.4. The number of aryl methyl sites for hydroxylation is 1. The Labute approximate surface area is 177 Å². The minimum atomic E-state index is -0.167. The van der Waals surface area contributed by atoms with Gasteiger partial charge in [0, 0.05) is 18.7 Å². The molecule has 3 rings (SSSR count). The molecule has 0 atom stereocenters. The number of esters is 1. The van der Waals surface area contributed by atoms with E-state index in [9.17, 15) is 4.79 Å². The Kier molecular flexibility index (Phi) is 8.53. The minimum absolute atomic E-state index is 0.167. The smallest absolute Gasteiger partial charge is 0.306 e. The van der Waals surface area contributed by atoms with Crippen LogP contribution in [0.2, 0.25) is 0 Å². The molecule has 0 amide bonds. The number of benzene rings is 2. The van der Waals surface area contributed by atoms with Crippen molar-refractivity contribution in [2.75, 3.05) is 20.2 Å². The van der Waals surface area contributed by atoms with Gasteiger partial charge in [0.1, 0.15) is 0 Å². The lowest BCUT2D eigenvalue weighted by Crippen LogP contribution is -2.27. The van der Waals surface area contributed by atoms with Gasteiger partial charge in [-0.25, -0.2) is 0 Å². The summed E-state index contributed by atoms with van der Waals surface area (Å²) in [5.74, 6) is 0.493. The Bertz CT molecular complexity index is 883. The molecule has 158 valence electrons. The van der Waals surface area contributed by atoms with Crippen LogP contribution < -0.4 is 0 Å². The van der Waals surface area contributed by atoms with Crippen molar-refractivity contribution in [3.63, 3.8) is 0 Å². The fraction of sp³-hybridized carbons (Fsp3) is 0.391. The molecule has 0 aliphatic heterocycles. The maximum absolute atomic E-state index is 11.5. The van der Waals surface area contributed by atoms with Gasteiger partial charge in [-0.1, -0.05) is 67.1 Å². The fourth-order valence-electron chi connectivity index (χ4n) is 3.27. The first-order valence-corrected chi connectivity index (χ1v) is 10.4. The van der Waals surface area contributed by atoms with Gasteiger partial charge in [0.25, 0.3) is 0 Å². The second kappa shape index (κ2) is 11.8. The Hall–Kier alpha value is -3.06. The van der Waals surface area contributed by atoms with Gasteiger partial charge in [-0.05, 0) is 30.2 Å². The largest absolute Gasteiger partial charge is 0.469 e. The lowest BCUT2D eigenvalue weighted by Gasteiger charge is -2.22. The highest BCUT2D eigenvalue weighted by atomic mass is 16.5. The molecule has 0 saturated heterocycles. The zero-order chi connectivity index (χ0) is 21.0. The van der Waals surface area contributed by atoms with Gasteiger partial charge in [0.05, 0.1) is 20.1 Å². The van der Waals surface area contributed by atoms with Gasteiger partial charge in [-0.15, -0.1) is 10.2 Å². The zero-order valence-corrected chi connectivity index (χ0v) is 17.5. The summed E-state index contributed by atoms with van der Waals surface area (Å²) < 4.78 is 4.79. The highest BCUT2D eigenvalue weighted by Crippen LogP contribution is 2.12. The van der Waals surface area contributed by atoms with Gasteiger partial charge in [-0.3, -0.25) is 9.69 Å². The van der Waals surface area contributed by atoms with Crippen LogP contribution in [0, 0.1) is 0 Å². The molecule has 1 heterocycles. The van der Waals surface area contributed by atoms with Crippen LogP contribution in [0.5, 0.6) is 0 Å². The van der Waals surface area contributed by atoms with Gasteiger partial charge < -0.3 is 4.74 Å². The van der Waals surface area contributed by atoms with E-state index in [1.54, 1.807) is 4.80 Å². The van der Waals surface area contributed by atoms with Crippen LogP contribution in [-0.2, 0) is 22.6 Å². The van der Waals surface area contributed by atoms with E-state index in [0.29, 0.717) is 18.8 Å². The summed E-state index contributed by atoms with van der Waals surface area (Å²) in [4.78, 5) is 15.5. The number of aromatic nitrogens is 4. The average molecular weight is 408 g/mol. The lowest BCUT2D eigenvalue weighted by atomic mass is 10.2. The molecule has 2 aromatic carbocycles. The van der Waals surface area contributed by atoms with Crippen molar-refractivity contribution in [3.8, 4) is 11.4 Å². The van der Waals surface area contributed by atoms with Crippen molar-refractivity contribution < 1.29 is 9.53 Å². The Morgan fingerprint density at radius 3 is 2.43 bits per heavy atom. The van der Waals surface area contributed by atoms with Crippen LogP contribution in [0.1, 0.15) is 31.2 Å². The monoisotopic (exact) mass is 407 g/mol. The third-order valence-corrected chi connectivity index (χ3v) is 4.93. The summed E-state index contributed by atoms with van der Waals surface area (Å²) in [5.41, 5.74) is 2.23. The van der Waals surface area contributed by atoms with E-state index in [-0.39, 0.29) is 5.97 Å².